The summed E-state index contributed by atoms with van der Waals surface area (Å²) in [6.45, 7) is 2.41. The molecule has 7 heteroatoms. The summed E-state index contributed by atoms with van der Waals surface area (Å²) in [5.41, 5.74) is 1.65. The number of likely N-dealkylation sites (N-methyl/N-ethyl adjacent to an activating group) is 1. The smallest absolute Gasteiger partial charge is 0.406 e. The van der Waals surface area contributed by atoms with Gasteiger partial charge in [0.1, 0.15) is 5.75 Å². The fourth-order valence-electron chi connectivity index (χ4n) is 2.38. The maximum Gasteiger partial charge on any atom is 0.573 e. The summed E-state index contributed by atoms with van der Waals surface area (Å²) in [7, 11) is 0. The Labute approximate surface area is 143 Å². The third-order valence-corrected chi connectivity index (χ3v) is 3.57. The maximum atomic E-state index is 12.3. The second kappa shape index (κ2) is 8.02. The number of ether oxygens (including phenoxy) is 1. The topological polar surface area (TPSA) is 49.8 Å². The zero-order chi connectivity index (χ0) is 18.4. The van der Waals surface area contributed by atoms with Gasteiger partial charge in [-0.25, -0.2) is 0 Å². The molecule has 0 fully saturated rings. The number of alkyl halides is 3. The Balaban J connectivity index is 2.20. The van der Waals surface area contributed by atoms with Crippen molar-refractivity contribution < 1.29 is 27.8 Å². The molecule has 2 rings (SSSR count). The summed E-state index contributed by atoms with van der Waals surface area (Å²) >= 11 is 0. The number of aliphatic hydroxyl groups is 1. The van der Waals surface area contributed by atoms with Crippen LogP contribution in [0.4, 0.5) is 13.2 Å². The molecular formula is C18H18F3NO3. The van der Waals surface area contributed by atoms with Crippen molar-refractivity contribution in [3.63, 3.8) is 0 Å². The number of hydrogen-bond donors (Lipinski definition) is 1. The highest BCUT2D eigenvalue weighted by atomic mass is 19.4. The Morgan fingerprint density at radius 1 is 1.12 bits per heavy atom. The molecule has 0 aliphatic rings. The number of carbonyl (C=O) groups excluding carboxylic acids is 1. The minimum atomic E-state index is -4.74. The van der Waals surface area contributed by atoms with Crippen molar-refractivity contribution in [1.29, 1.82) is 0 Å². The van der Waals surface area contributed by atoms with Crippen LogP contribution >= 0.6 is 0 Å². The molecule has 1 N–H and O–H groups in total. The van der Waals surface area contributed by atoms with Gasteiger partial charge in [0.25, 0.3) is 5.91 Å². The molecule has 0 atom stereocenters. The molecule has 2 aromatic carbocycles. The zero-order valence-electron chi connectivity index (χ0n) is 13.6. The van der Waals surface area contributed by atoms with Gasteiger partial charge in [-0.05, 0) is 42.3 Å². The van der Waals surface area contributed by atoms with Crippen LogP contribution in [0, 0.1) is 0 Å². The van der Waals surface area contributed by atoms with Crippen LogP contribution in [0.25, 0.3) is 11.1 Å². The average molecular weight is 353 g/mol. The Bertz CT molecular complexity index is 714. The quantitative estimate of drug-likeness (QED) is 0.861. The molecule has 4 nitrogen and oxygen atoms in total. The van der Waals surface area contributed by atoms with E-state index in [1.54, 1.807) is 30.3 Å². The van der Waals surface area contributed by atoms with Crippen LogP contribution in [0.1, 0.15) is 17.3 Å². The van der Waals surface area contributed by atoms with E-state index in [0.29, 0.717) is 23.2 Å². The molecule has 0 aliphatic carbocycles. The van der Waals surface area contributed by atoms with E-state index in [9.17, 15) is 18.0 Å². The van der Waals surface area contributed by atoms with E-state index in [1.165, 1.54) is 23.1 Å². The minimum absolute atomic E-state index is 0.121. The number of amides is 1. The van der Waals surface area contributed by atoms with Gasteiger partial charge < -0.3 is 14.7 Å². The normalized spacial score (nSPS) is 11.2. The van der Waals surface area contributed by atoms with Gasteiger partial charge in [0.2, 0.25) is 0 Å². The summed E-state index contributed by atoms with van der Waals surface area (Å²) in [5.74, 6) is -0.512. The number of aliphatic hydroxyl groups excluding tert-OH is 1. The van der Waals surface area contributed by atoms with Crippen molar-refractivity contribution in [3.8, 4) is 16.9 Å². The minimum Gasteiger partial charge on any atom is -0.406 e. The monoisotopic (exact) mass is 353 g/mol. The van der Waals surface area contributed by atoms with Gasteiger partial charge in [-0.3, -0.25) is 4.79 Å². The van der Waals surface area contributed by atoms with Crippen molar-refractivity contribution in [1.82, 2.24) is 4.90 Å². The standard InChI is InChI=1S/C18H18F3NO3/c1-2-22(10-11-23)17(24)14-8-6-13(7-9-14)15-4-3-5-16(12-15)25-18(19,20)21/h3-9,12,23H,2,10-11H2,1H3. The first-order chi connectivity index (χ1) is 11.8. The van der Waals surface area contributed by atoms with Crippen LogP contribution in [-0.4, -0.2) is 42.0 Å². The predicted octanol–water partition coefficient (Wildman–Crippen LogP) is 3.71. The summed E-state index contributed by atoms with van der Waals surface area (Å²) in [5, 5.41) is 8.98. The third-order valence-electron chi connectivity index (χ3n) is 3.57. The maximum absolute atomic E-state index is 12.3. The average Bonchev–Trinajstić information content (AvgIpc) is 2.58. The highest BCUT2D eigenvalue weighted by molar-refractivity contribution is 5.94. The molecule has 0 aliphatic heterocycles. The van der Waals surface area contributed by atoms with Crippen molar-refractivity contribution in [2.24, 2.45) is 0 Å². The number of halogens is 3. The van der Waals surface area contributed by atoms with Gasteiger partial charge in [0, 0.05) is 18.7 Å². The first-order valence-corrected chi connectivity index (χ1v) is 7.70. The molecule has 0 aromatic heterocycles. The highest BCUT2D eigenvalue weighted by Gasteiger charge is 2.31. The van der Waals surface area contributed by atoms with E-state index in [4.69, 9.17) is 5.11 Å². The fraction of sp³-hybridized carbons (Fsp3) is 0.278. The van der Waals surface area contributed by atoms with Gasteiger partial charge in [0.05, 0.1) is 6.61 Å². The molecular weight excluding hydrogens is 335 g/mol. The first-order valence-electron chi connectivity index (χ1n) is 7.70. The summed E-state index contributed by atoms with van der Waals surface area (Å²) in [4.78, 5) is 13.8. The molecule has 0 saturated carbocycles. The molecule has 25 heavy (non-hydrogen) atoms. The molecule has 0 unspecified atom stereocenters. The third kappa shape index (κ3) is 5.22. The van der Waals surface area contributed by atoms with E-state index < -0.39 is 6.36 Å². The number of nitrogens with zero attached hydrogens (tertiary/aromatic N) is 1. The largest absolute Gasteiger partial charge is 0.573 e. The lowest BCUT2D eigenvalue weighted by atomic mass is 10.0. The predicted molar refractivity (Wildman–Crippen MR) is 87.2 cm³/mol. The van der Waals surface area contributed by atoms with Crippen molar-refractivity contribution >= 4 is 5.91 Å². The highest BCUT2D eigenvalue weighted by Crippen LogP contribution is 2.28. The lowest BCUT2D eigenvalue weighted by molar-refractivity contribution is -0.274. The number of carbonyl (C=O) groups is 1. The van der Waals surface area contributed by atoms with Crippen molar-refractivity contribution in [2.75, 3.05) is 19.7 Å². The van der Waals surface area contributed by atoms with Crippen molar-refractivity contribution in [3.05, 3.63) is 54.1 Å². The van der Waals surface area contributed by atoms with Gasteiger partial charge in [0.15, 0.2) is 0 Å². The summed E-state index contributed by atoms with van der Waals surface area (Å²) < 4.78 is 40.8. The van der Waals surface area contributed by atoms with Crippen LogP contribution in [0.3, 0.4) is 0 Å². The molecule has 0 heterocycles. The van der Waals surface area contributed by atoms with E-state index in [1.807, 2.05) is 6.92 Å². The zero-order valence-corrected chi connectivity index (χ0v) is 13.6. The van der Waals surface area contributed by atoms with Crippen LogP contribution in [0.5, 0.6) is 5.75 Å². The Morgan fingerprint density at radius 3 is 2.36 bits per heavy atom. The second-order valence-electron chi connectivity index (χ2n) is 5.26. The summed E-state index contributed by atoms with van der Waals surface area (Å²) in [6, 6.07) is 12.2. The van der Waals surface area contributed by atoms with Crippen LogP contribution in [-0.2, 0) is 0 Å². The van der Waals surface area contributed by atoms with Crippen LogP contribution in [0.2, 0.25) is 0 Å². The SMILES string of the molecule is CCN(CCO)C(=O)c1ccc(-c2cccc(OC(F)(F)F)c2)cc1. The van der Waals surface area contributed by atoms with Crippen molar-refractivity contribution in [2.45, 2.75) is 13.3 Å². The first kappa shape index (κ1) is 18.8. The summed E-state index contributed by atoms with van der Waals surface area (Å²) in [6.07, 6.45) is -4.74. The molecule has 0 saturated heterocycles. The van der Waals surface area contributed by atoms with E-state index in [-0.39, 0.29) is 24.8 Å². The van der Waals surface area contributed by atoms with Crippen LogP contribution < -0.4 is 4.74 Å². The number of hydrogen-bond acceptors (Lipinski definition) is 3. The van der Waals surface area contributed by atoms with Crippen LogP contribution in [0.15, 0.2) is 48.5 Å². The number of benzene rings is 2. The number of rotatable bonds is 6. The molecule has 134 valence electrons. The molecule has 1 amide bonds. The van der Waals surface area contributed by atoms with E-state index >= 15 is 0 Å². The van der Waals surface area contributed by atoms with E-state index in [2.05, 4.69) is 4.74 Å². The Kier molecular flexibility index (Phi) is 6.03. The Hall–Kier alpha value is -2.54. The molecule has 0 bridgehead atoms. The Morgan fingerprint density at radius 2 is 1.80 bits per heavy atom. The van der Waals surface area contributed by atoms with Gasteiger partial charge in [-0.2, -0.15) is 0 Å². The molecule has 2 aromatic rings. The molecule has 0 radical (unpaired) electrons. The molecule has 0 spiro atoms. The van der Waals surface area contributed by atoms with E-state index in [0.717, 1.165) is 0 Å². The fourth-order valence-corrected chi connectivity index (χ4v) is 2.38. The second-order valence-corrected chi connectivity index (χ2v) is 5.26. The van der Waals surface area contributed by atoms with Gasteiger partial charge in [-0.15, -0.1) is 13.2 Å². The lowest BCUT2D eigenvalue weighted by Gasteiger charge is -2.19. The lowest BCUT2D eigenvalue weighted by Crippen LogP contribution is -2.33. The van der Waals surface area contributed by atoms with Gasteiger partial charge in [-0.1, -0.05) is 24.3 Å². The van der Waals surface area contributed by atoms with Gasteiger partial charge >= 0.3 is 6.36 Å².